The predicted molar refractivity (Wildman–Crippen MR) is 155 cm³/mol. The van der Waals surface area contributed by atoms with Gasteiger partial charge in [0.1, 0.15) is 5.60 Å². The van der Waals surface area contributed by atoms with Gasteiger partial charge in [-0.2, -0.15) is 0 Å². The summed E-state index contributed by atoms with van der Waals surface area (Å²) in [6.45, 7) is 8.54. The normalized spacial score (nSPS) is 19.5. The first-order chi connectivity index (χ1) is 18.6. The number of ether oxygens (including phenoxy) is 1. The highest BCUT2D eigenvalue weighted by atomic mass is 32.1. The summed E-state index contributed by atoms with van der Waals surface area (Å²) in [6.07, 6.45) is 8.58. The number of rotatable bonds is 9. The van der Waals surface area contributed by atoms with Crippen molar-refractivity contribution in [1.82, 2.24) is 20.6 Å². The van der Waals surface area contributed by atoms with Crippen molar-refractivity contribution in [2.24, 2.45) is 5.41 Å². The quantitative estimate of drug-likeness (QED) is 0.339. The Morgan fingerprint density at radius 1 is 1.23 bits per heavy atom. The fourth-order valence-corrected chi connectivity index (χ4v) is 6.38. The fraction of sp³-hybridized carbons (Fsp3) is 0.516. The first-order valence-corrected chi connectivity index (χ1v) is 14.8. The van der Waals surface area contributed by atoms with Gasteiger partial charge in [-0.25, -0.2) is 4.98 Å². The summed E-state index contributed by atoms with van der Waals surface area (Å²) in [7, 11) is 0. The molecule has 0 saturated heterocycles. The number of nitrogens with one attached hydrogen (secondary N) is 2. The molecule has 0 bridgehead atoms. The molecule has 0 unspecified atom stereocenters. The van der Waals surface area contributed by atoms with Crippen LogP contribution in [0.25, 0.3) is 10.4 Å². The van der Waals surface area contributed by atoms with Crippen molar-refractivity contribution in [3.05, 3.63) is 64.9 Å². The van der Waals surface area contributed by atoms with Crippen molar-refractivity contribution >= 4 is 17.2 Å². The van der Waals surface area contributed by atoms with Gasteiger partial charge in [0.05, 0.1) is 22.5 Å². The molecule has 1 saturated carbocycles. The second kappa shape index (κ2) is 11.4. The third-order valence-electron chi connectivity index (χ3n) is 7.73. The lowest BCUT2D eigenvalue weighted by atomic mass is 9.73. The molecule has 1 amide bonds. The minimum atomic E-state index is -0.768. The number of aliphatic hydroxyl groups is 1. The molecule has 208 valence electrons. The van der Waals surface area contributed by atoms with Gasteiger partial charge >= 0.3 is 0 Å². The number of benzene rings is 1. The molecule has 2 aliphatic rings. The van der Waals surface area contributed by atoms with Gasteiger partial charge < -0.3 is 20.5 Å². The molecule has 3 N–H and O–H groups in total. The summed E-state index contributed by atoms with van der Waals surface area (Å²) in [5.74, 6) is 0.558. The van der Waals surface area contributed by atoms with Crippen LogP contribution in [0.15, 0.2) is 48.2 Å². The second-order valence-corrected chi connectivity index (χ2v) is 13.3. The van der Waals surface area contributed by atoms with Crippen LogP contribution in [0.2, 0.25) is 0 Å². The summed E-state index contributed by atoms with van der Waals surface area (Å²) in [5.41, 5.74) is 6.21. The monoisotopic (exact) mass is 548 g/mol. The van der Waals surface area contributed by atoms with Crippen LogP contribution >= 0.6 is 11.3 Å². The first kappa shape index (κ1) is 27.7. The van der Waals surface area contributed by atoms with Crippen LogP contribution in [-0.2, 0) is 17.6 Å². The van der Waals surface area contributed by atoms with E-state index in [1.54, 1.807) is 11.3 Å². The Labute approximate surface area is 235 Å². The first-order valence-electron chi connectivity index (χ1n) is 13.9. The molecule has 1 spiro atoms. The summed E-state index contributed by atoms with van der Waals surface area (Å²) in [4.78, 5) is 22.1. The standard InChI is InChI=1S/C31H40N4O3S/c1-20(36)35-25(13-21-7-5-8-23(11-21)28-18-32-19-39-28)27(37)17-33-26-15-31(9-6-10-31)38-29-24(26)12-22(16-34-29)14-30(2,3)4/h5,7-8,11-12,16,18-19,25-27,33,37H,6,9-10,13-15,17H2,1-4H3,(H,35,36)/t25-,26-,27-/m0/s1. The van der Waals surface area contributed by atoms with E-state index in [0.29, 0.717) is 18.8 Å². The van der Waals surface area contributed by atoms with Crippen LogP contribution in [-0.4, -0.2) is 45.3 Å². The number of hydrogen-bond donors (Lipinski definition) is 3. The van der Waals surface area contributed by atoms with E-state index >= 15 is 0 Å². The Bertz CT molecular complexity index is 1280. The van der Waals surface area contributed by atoms with Gasteiger partial charge in [0, 0.05) is 43.9 Å². The van der Waals surface area contributed by atoms with Crippen LogP contribution in [0.1, 0.15) is 76.1 Å². The zero-order chi connectivity index (χ0) is 27.6. The lowest BCUT2D eigenvalue weighted by Crippen LogP contribution is -2.52. The lowest BCUT2D eigenvalue weighted by molar-refractivity contribution is -0.120. The van der Waals surface area contributed by atoms with Crippen molar-refractivity contribution in [2.45, 2.75) is 90.0 Å². The Morgan fingerprint density at radius 3 is 2.72 bits per heavy atom. The fourth-order valence-electron chi connectivity index (χ4n) is 5.76. The minimum absolute atomic E-state index is 0.0313. The highest BCUT2D eigenvalue weighted by Gasteiger charge is 2.46. The van der Waals surface area contributed by atoms with Crippen LogP contribution < -0.4 is 15.4 Å². The lowest BCUT2D eigenvalue weighted by Gasteiger charge is -2.47. The van der Waals surface area contributed by atoms with Gasteiger partial charge in [-0.1, -0.05) is 45.0 Å². The van der Waals surface area contributed by atoms with Gasteiger partial charge in [0.15, 0.2) is 0 Å². The smallest absolute Gasteiger partial charge is 0.218 e. The Balaban J connectivity index is 1.31. The average molecular weight is 549 g/mol. The number of nitrogens with zero attached hydrogens (tertiary/aromatic N) is 2. The number of thiazole rings is 1. The van der Waals surface area contributed by atoms with E-state index in [1.165, 1.54) is 12.5 Å². The predicted octanol–water partition coefficient (Wildman–Crippen LogP) is 5.24. The van der Waals surface area contributed by atoms with Gasteiger partial charge in [0.2, 0.25) is 11.8 Å². The molecule has 3 aromatic rings. The summed E-state index contributed by atoms with van der Waals surface area (Å²) in [6, 6.07) is 10.1. The molecule has 1 fully saturated rings. The molecule has 1 aliphatic heterocycles. The molecule has 8 heteroatoms. The molecule has 1 aromatic carbocycles. The van der Waals surface area contributed by atoms with Crippen LogP contribution in [0.5, 0.6) is 5.88 Å². The number of hydrogen-bond acceptors (Lipinski definition) is 7. The number of pyridine rings is 1. The molecule has 3 atom stereocenters. The molecule has 3 heterocycles. The van der Waals surface area contributed by atoms with Crippen molar-refractivity contribution < 1.29 is 14.6 Å². The van der Waals surface area contributed by atoms with E-state index < -0.39 is 12.1 Å². The Kier molecular flexibility index (Phi) is 8.08. The topological polar surface area (TPSA) is 96.4 Å². The number of aromatic nitrogens is 2. The van der Waals surface area contributed by atoms with Crippen molar-refractivity contribution in [3.63, 3.8) is 0 Å². The average Bonchev–Trinajstić information content (AvgIpc) is 3.40. The molecule has 2 aromatic heterocycles. The molecular formula is C31H40N4O3S. The third kappa shape index (κ3) is 6.86. The highest BCUT2D eigenvalue weighted by molar-refractivity contribution is 7.13. The van der Waals surface area contributed by atoms with E-state index in [4.69, 9.17) is 9.72 Å². The maximum Gasteiger partial charge on any atom is 0.218 e. The van der Waals surface area contributed by atoms with Gasteiger partial charge in [-0.3, -0.25) is 9.78 Å². The molecule has 5 rings (SSSR count). The number of carbonyl (C=O) groups excluding carboxylic acids is 1. The Morgan fingerprint density at radius 2 is 2.05 bits per heavy atom. The summed E-state index contributed by atoms with van der Waals surface area (Å²) in [5, 5.41) is 18.0. The van der Waals surface area contributed by atoms with Gasteiger partial charge in [-0.05, 0) is 60.3 Å². The number of aliphatic hydroxyl groups excluding tert-OH is 1. The van der Waals surface area contributed by atoms with Crippen molar-refractivity contribution in [2.75, 3.05) is 6.54 Å². The molecule has 0 radical (unpaired) electrons. The zero-order valence-corrected chi connectivity index (χ0v) is 24.2. The molecule has 7 nitrogen and oxygen atoms in total. The van der Waals surface area contributed by atoms with Crippen molar-refractivity contribution in [1.29, 1.82) is 0 Å². The maximum atomic E-state index is 12.1. The van der Waals surface area contributed by atoms with Crippen LogP contribution in [0, 0.1) is 5.41 Å². The number of amides is 1. The van der Waals surface area contributed by atoms with Crippen LogP contribution in [0.3, 0.4) is 0 Å². The SMILES string of the molecule is CC(=O)N[C@@H](Cc1cccc(-c2cncs2)c1)[C@@H](O)CN[C@H]1CC2(CCC2)Oc2ncc(CC(C)(C)C)cc21. The third-order valence-corrected chi connectivity index (χ3v) is 8.55. The van der Waals surface area contributed by atoms with E-state index in [-0.39, 0.29) is 23.0 Å². The van der Waals surface area contributed by atoms with E-state index in [9.17, 15) is 9.90 Å². The van der Waals surface area contributed by atoms with Gasteiger partial charge in [-0.15, -0.1) is 11.3 Å². The second-order valence-electron chi connectivity index (χ2n) is 12.4. The Hall–Kier alpha value is -2.81. The number of fused-ring (bicyclic) bond motifs is 1. The van der Waals surface area contributed by atoms with Crippen molar-refractivity contribution in [3.8, 4) is 16.3 Å². The minimum Gasteiger partial charge on any atom is -0.471 e. The van der Waals surface area contributed by atoms with E-state index in [0.717, 1.165) is 53.7 Å². The molecule has 1 aliphatic carbocycles. The number of carbonyl (C=O) groups is 1. The summed E-state index contributed by atoms with van der Waals surface area (Å²) >= 11 is 1.59. The summed E-state index contributed by atoms with van der Waals surface area (Å²) < 4.78 is 6.42. The highest BCUT2D eigenvalue weighted by Crippen LogP contribution is 2.48. The van der Waals surface area contributed by atoms with E-state index in [1.807, 2.05) is 30.0 Å². The molecule has 39 heavy (non-hydrogen) atoms. The molecular weight excluding hydrogens is 508 g/mol. The largest absolute Gasteiger partial charge is 0.471 e. The maximum absolute atomic E-state index is 12.1. The van der Waals surface area contributed by atoms with Crippen LogP contribution in [0.4, 0.5) is 0 Å². The van der Waals surface area contributed by atoms with Gasteiger partial charge in [0.25, 0.3) is 0 Å². The zero-order valence-electron chi connectivity index (χ0n) is 23.4. The van der Waals surface area contributed by atoms with E-state index in [2.05, 4.69) is 54.6 Å².